The van der Waals surface area contributed by atoms with Gasteiger partial charge in [0.05, 0.1) is 11.4 Å². The molecule has 1 N–H and O–H groups in total. The number of aryl methyl sites for hydroxylation is 1. The lowest BCUT2D eigenvalue weighted by molar-refractivity contribution is -0.117. The second-order valence-electron chi connectivity index (χ2n) is 5.55. The van der Waals surface area contributed by atoms with E-state index in [9.17, 15) is 4.79 Å². The van der Waals surface area contributed by atoms with E-state index in [-0.39, 0.29) is 11.9 Å². The van der Waals surface area contributed by atoms with Crippen molar-refractivity contribution in [3.63, 3.8) is 0 Å². The van der Waals surface area contributed by atoms with E-state index >= 15 is 0 Å². The van der Waals surface area contributed by atoms with Crippen molar-refractivity contribution in [2.45, 2.75) is 19.4 Å². The van der Waals surface area contributed by atoms with Gasteiger partial charge in [0.25, 0.3) is 5.91 Å². The second kappa shape index (κ2) is 4.10. The van der Waals surface area contributed by atoms with Crippen molar-refractivity contribution in [2.75, 3.05) is 16.8 Å². The number of rotatable bonds is 0. The minimum absolute atomic E-state index is 0.0773. The van der Waals surface area contributed by atoms with Gasteiger partial charge in [-0.3, -0.25) is 4.79 Å². The molecule has 1 atom stereocenters. The van der Waals surface area contributed by atoms with Crippen LogP contribution in [-0.4, -0.2) is 12.5 Å². The Hall–Kier alpha value is -2.29. The zero-order valence-electron chi connectivity index (χ0n) is 11.4. The van der Waals surface area contributed by atoms with Gasteiger partial charge in [-0.15, -0.1) is 0 Å². The summed E-state index contributed by atoms with van der Waals surface area (Å²) in [6.45, 7) is 2.98. The number of nitrogens with zero attached hydrogens (tertiary/aromatic N) is 1. The Morgan fingerprint density at radius 3 is 2.95 bits per heavy atom. The van der Waals surface area contributed by atoms with Gasteiger partial charge in [-0.25, -0.2) is 0 Å². The van der Waals surface area contributed by atoms with Crippen LogP contribution < -0.4 is 10.2 Å². The molecule has 2 aliphatic heterocycles. The quantitative estimate of drug-likeness (QED) is 0.793. The van der Waals surface area contributed by atoms with Gasteiger partial charge in [-0.05, 0) is 42.2 Å². The number of fused-ring (bicyclic) bond motifs is 5. The summed E-state index contributed by atoms with van der Waals surface area (Å²) in [5, 5.41) is 3.05. The van der Waals surface area contributed by atoms with Gasteiger partial charge in [0.2, 0.25) is 0 Å². The Balaban J connectivity index is 1.89. The van der Waals surface area contributed by atoms with Crippen LogP contribution in [0.25, 0.3) is 0 Å². The molecule has 100 valence electrons. The van der Waals surface area contributed by atoms with Crippen molar-refractivity contribution in [2.24, 2.45) is 0 Å². The molecule has 0 aromatic heterocycles. The van der Waals surface area contributed by atoms with Crippen molar-refractivity contribution in [1.82, 2.24) is 0 Å². The Labute approximate surface area is 118 Å². The van der Waals surface area contributed by atoms with Gasteiger partial charge < -0.3 is 10.2 Å². The summed E-state index contributed by atoms with van der Waals surface area (Å²) >= 11 is 0. The largest absolute Gasteiger partial charge is 0.354 e. The predicted molar refractivity (Wildman–Crippen MR) is 80.0 cm³/mol. The first-order valence-corrected chi connectivity index (χ1v) is 7.00. The van der Waals surface area contributed by atoms with Crippen molar-refractivity contribution in [3.8, 4) is 0 Å². The van der Waals surface area contributed by atoms with Crippen molar-refractivity contribution < 1.29 is 4.79 Å². The van der Waals surface area contributed by atoms with Gasteiger partial charge in [-0.2, -0.15) is 0 Å². The van der Waals surface area contributed by atoms with E-state index in [0.717, 1.165) is 29.9 Å². The molecule has 3 nitrogen and oxygen atoms in total. The van der Waals surface area contributed by atoms with Gasteiger partial charge in [0.1, 0.15) is 6.04 Å². The molecule has 2 heterocycles. The standard InChI is InChI=1S/C17H16N2O/c1-11-6-7-14-15(10-11)19-9-8-12-4-2-3-5-13(12)16(19)17(20)18-14/h2-7,10,16H,8-9H2,1H3,(H,18,20). The van der Waals surface area contributed by atoms with Crippen LogP contribution >= 0.6 is 0 Å². The first kappa shape index (κ1) is 11.5. The van der Waals surface area contributed by atoms with Crippen LogP contribution in [0.3, 0.4) is 0 Å². The third-order valence-electron chi connectivity index (χ3n) is 4.25. The number of hydrogen-bond donors (Lipinski definition) is 1. The van der Waals surface area contributed by atoms with Crippen LogP contribution in [0.2, 0.25) is 0 Å². The SMILES string of the molecule is Cc1ccc2c(c1)N1CCc3ccccc3C1C(=O)N2. The van der Waals surface area contributed by atoms with Crippen LogP contribution in [-0.2, 0) is 11.2 Å². The Morgan fingerprint density at radius 2 is 2.05 bits per heavy atom. The molecule has 2 aliphatic rings. The first-order chi connectivity index (χ1) is 9.74. The Kier molecular flexibility index (Phi) is 2.36. The fraction of sp³-hybridized carbons (Fsp3) is 0.235. The summed E-state index contributed by atoms with van der Waals surface area (Å²) in [6.07, 6.45) is 0.993. The smallest absolute Gasteiger partial charge is 0.251 e. The average molecular weight is 264 g/mol. The molecule has 0 aliphatic carbocycles. The highest BCUT2D eigenvalue weighted by atomic mass is 16.2. The molecule has 1 unspecified atom stereocenters. The molecule has 0 fully saturated rings. The zero-order valence-corrected chi connectivity index (χ0v) is 11.4. The molecule has 4 rings (SSSR count). The van der Waals surface area contributed by atoms with E-state index in [4.69, 9.17) is 0 Å². The molecule has 3 heteroatoms. The zero-order chi connectivity index (χ0) is 13.7. The number of carbonyl (C=O) groups excluding carboxylic acids is 1. The topological polar surface area (TPSA) is 32.3 Å². The maximum absolute atomic E-state index is 12.5. The van der Waals surface area contributed by atoms with E-state index in [1.54, 1.807) is 0 Å². The van der Waals surface area contributed by atoms with Crippen molar-refractivity contribution >= 4 is 17.3 Å². The summed E-state index contributed by atoms with van der Waals surface area (Å²) in [4.78, 5) is 14.7. The summed E-state index contributed by atoms with van der Waals surface area (Å²) < 4.78 is 0. The fourth-order valence-electron chi connectivity index (χ4n) is 3.29. The van der Waals surface area contributed by atoms with E-state index < -0.39 is 0 Å². The molecular formula is C17H16N2O. The normalized spacial score (nSPS) is 19.8. The van der Waals surface area contributed by atoms with Crippen LogP contribution in [0, 0.1) is 6.92 Å². The molecule has 1 amide bonds. The molecule has 0 radical (unpaired) electrons. The highest BCUT2D eigenvalue weighted by molar-refractivity contribution is 6.04. The average Bonchev–Trinajstić information content (AvgIpc) is 2.47. The summed E-state index contributed by atoms with van der Waals surface area (Å²) in [6, 6.07) is 14.3. The third-order valence-corrected chi connectivity index (χ3v) is 4.25. The van der Waals surface area contributed by atoms with E-state index in [2.05, 4.69) is 35.3 Å². The molecule has 0 saturated carbocycles. The minimum atomic E-state index is -0.186. The van der Waals surface area contributed by atoms with Crippen molar-refractivity contribution in [1.29, 1.82) is 0 Å². The van der Waals surface area contributed by atoms with Crippen molar-refractivity contribution in [3.05, 3.63) is 59.2 Å². The molecule has 0 spiro atoms. The first-order valence-electron chi connectivity index (χ1n) is 7.00. The van der Waals surface area contributed by atoms with Gasteiger partial charge in [0.15, 0.2) is 0 Å². The number of carbonyl (C=O) groups is 1. The van der Waals surface area contributed by atoms with Crippen LogP contribution in [0.15, 0.2) is 42.5 Å². The lowest BCUT2D eigenvalue weighted by atomic mass is 9.89. The number of anilines is 2. The molecule has 0 bridgehead atoms. The molecular weight excluding hydrogens is 248 g/mol. The Bertz CT molecular complexity index is 708. The van der Waals surface area contributed by atoms with E-state index in [1.807, 2.05) is 24.3 Å². The fourth-order valence-corrected chi connectivity index (χ4v) is 3.29. The van der Waals surface area contributed by atoms with Gasteiger partial charge in [0, 0.05) is 6.54 Å². The lowest BCUT2D eigenvalue weighted by Crippen LogP contribution is -2.45. The molecule has 2 aromatic rings. The molecule has 20 heavy (non-hydrogen) atoms. The highest BCUT2D eigenvalue weighted by Crippen LogP contribution is 2.41. The van der Waals surface area contributed by atoms with Crippen LogP contribution in [0.4, 0.5) is 11.4 Å². The number of benzene rings is 2. The summed E-state index contributed by atoms with van der Waals surface area (Å²) in [5.74, 6) is 0.0773. The maximum Gasteiger partial charge on any atom is 0.251 e. The van der Waals surface area contributed by atoms with E-state index in [0.29, 0.717) is 0 Å². The Morgan fingerprint density at radius 1 is 1.20 bits per heavy atom. The minimum Gasteiger partial charge on any atom is -0.354 e. The number of nitrogens with one attached hydrogen (secondary N) is 1. The van der Waals surface area contributed by atoms with E-state index in [1.165, 1.54) is 11.1 Å². The predicted octanol–water partition coefficient (Wildman–Crippen LogP) is 3.05. The number of amides is 1. The van der Waals surface area contributed by atoms with Gasteiger partial charge in [-0.1, -0.05) is 30.3 Å². The highest BCUT2D eigenvalue weighted by Gasteiger charge is 2.37. The lowest BCUT2D eigenvalue weighted by Gasteiger charge is -2.42. The molecule has 2 aromatic carbocycles. The summed E-state index contributed by atoms with van der Waals surface area (Å²) in [5.41, 5.74) is 5.72. The monoisotopic (exact) mass is 264 g/mol. The molecule has 0 saturated heterocycles. The summed E-state index contributed by atoms with van der Waals surface area (Å²) in [7, 11) is 0. The second-order valence-corrected chi connectivity index (χ2v) is 5.55. The van der Waals surface area contributed by atoms with Gasteiger partial charge >= 0.3 is 0 Å². The van der Waals surface area contributed by atoms with Crippen LogP contribution in [0.5, 0.6) is 0 Å². The van der Waals surface area contributed by atoms with Crippen LogP contribution in [0.1, 0.15) is 22.7 Å². The maximum atomic E-state index is 12.5. The number of hydrogen-bond acceptors (Lipinski definition) is 2. The third kappa shape index (κ3) is 1.56.